The van der Waals surface area contributed by atoms with Crippen LogP contribution < -0.4 is 5.32 Å². The minimum atomic E-state index is -0.722. The van der Waals surface area contributed by atoms with Gasteiger partial charge in [0.05, 0.1) is 16.5 Å². The van der Waals surface area contributed by atoms with Gasteiger partial charge in [-0.1, -0.05) is 60.8 Å². The molecular weight excluding hydrogens is 414 g/mol. The molecule has 1 atom stereocenters. The number of halogens is 3. The lowest BCUT2D eigenvalue weighted by Gasteiger charge is -2.29. The predicted molar refractivity (Wildman–Crippen MR) is 114 cm³/mol. The summed E-state index contributed by atoms with van der Waals surface area (Å²) in [6.07, 6.45) is 1.67. The number of nitrogens with one attached hydrogen (secondary N) is 1. The molecule has 4 nitrogen and oxygen atoms in total. The van der Waals surface area contributed by atoms with E-state index in [1.54, 1.807) is 43.3 Å². The van der Waals surface area contributed by atoms with Crippen molar-refractivity contribution >= 4 is 35.0 Å². The number of unbranched alkanes of at least 4 members (excludes halogenated alkanes) is 1. The summed E-state index contributed by atoms with van der Waals surface area (Å²) in [6.45, 7) is 4.40. The summed E-state index contributed by atoms with van der Waals surface area (Å²) >= 11 is 12.1. The monoisotopic (exact) mass is 438 g/mol. The second kappa shape index (κ2) is 11.2. The number of carbonyl (C=O) groups is 2. The van der Waals surface area contributed by atoms with Crippen LogP contribution in [-0.4, -0.2) is 29.3 Å². The van der Waals surface area contributed by atoms with Crippen molar-refractivity contribution in [3.05, 3.63) is 69.5 Å². The SMILES string of the molecule is CCCCNC(=O)[C@@H](C)N(Cc1ccc(Cl)c(Cl)c1)C(=O)Cc1ccccc1F. The molecule has 2 rings (SSSR count). The minimum Gasteiger partial charge on any atom is -0.354 e. The maximum atomic E-state index is 14.0. The maximum absolute atomic E-state index is 14.0. The van der Waals surface area contributed by atoms with Crippen molar-refractivity contribution in [2.45, 2.75) is 45.7 Å². The van der Waals surface area contributed by atoms with E-state index in [1.807, 2.05) is 6.92 Å². The summed E-state index contributed by atoms with van der Waals surface area (Å²) in [5.74, 6) is -1.05. The Kier molecular flexibility index (Phi) is 8.93. The standard InChI is InChI=1S/C22H25Cl2FN2O2/c1-3-4-11-26-22(29)15(2)27(14-16-9-10-18(23)19(24)12-16)21(28)13-17-7-5-6-8-20(17)25/h5-10,12,15H,3-4,11,13-14H2,1-2H3,(H,26,29)/t15-/m1/s1. The van der Waals surface area contributed by atoms with Gasteiger partial charge in [-0.15, -0.1) is 0 Å². The fraction of sp³-hybridized carbons (Fsp3) is 0.364. The fourth-order valence-corrected chi connectivity index (χ4v) is 3.18. The maximum Gasteiger partial charge on any atom is 0.242 e. The van der Waals surface area contributed by atoms with E-state index in [-0.39, 0.29) is 30.3 Å². The molecule has 2 aromatic rings. The lowest BCUT2D eigenvalue weighted by Crippen LogP contribution is -2.48. The van der Waals surface area contributed by atoms with Gasteiger partial charge in [0, 0.05) is 13.1 Å². The molecule has 0 aliphatic rings. The van der Waals surface area contributed by atoms with E-state index in [2.05, 4.69) is 5.32 Å². The molecule has 29 heavy (non-hydrogen) atoms. The van der Waals surface area contributed by atoms with E-state index in [4.69, 9.17) is 23.2 Å². The zero-order valence-corrected chi connectivity index (χ0v) is 18.1. The van der Waals surface area contributed by atoms with Gasteiger partial charge in [0.15, 0.2) is 0 Å². The smallest absolute Gasteiger partial charge is 0.242 e. The summed E-state index contributed by atoms with van der Waals surface area (Å²) in [6, 6.07) is 10.5. The van der Waals surface area contributed by atoms with Crippen LogP contribution in [0.3, 0.4) is 0 Å². The number of amides is 2. The van der Waals surface area contributed by atoms with Gasteiger partial charge in [0.2, 0.25) is 11.8 Å². The van der Waals surface area contributed by atoms with E-state index in [0.717, 1.165) is 18.4 Å². The number of benzene rings is 2. The Balaban J connectivity index is 2.23. The Morgan fingerprint density at radius 2 is 1.86 bits per heavy atom. The predicted octanol–water partition coefficient (Wildman–Crippen LogP) is 5.01. The quantitative estimate of drug-likeness (QED) is 0.559. The van der Waals surface area contributed by atoms with Gasteiger partial charge >= 0.3 is 0 Å². The van der Waals surface area contributed by atoms with E-state index >= 15 is 0 Å². The molecular formula is C22H25Cl2FN2O2. The van der Waals surface area contributed by atoms with E-state index < -0.39 is 11.9 Å². The molecule has 0 saturated heterocycles. The number of rotatable bonds is 9. The van der Waals surface area contributed by atoms with Crippen LogP contribution in [0, 0.1) is 5.82 Å². The first kappa shape index (κ1) is 23.2. The van der Waals surface area contributed by atoms with Crippen LogP contribution in [0.25, 0.3) is 0 Å². The number of nitrogens with zero attached hydrogens (tertiary/aromatic N) is 1. The molecule has 0 heterocycles. The molecule has 0 fully saturated rings. The number of hydrogen-bond donors (Lipinski definition) is 1. The average molecular weight is 439 g/mol. The molecule has 2 amide bonds. The Hall–Kier alpha value is -2.11. The van der Waals surface area contributed by atoms with Crippen molar-refractivity contribution in [2.24, 2.45) is 0 Å². The van der Waals surface area contributed by atoms with E-state index in [1.165, 1.54) is 11.0 Å². The molecule has 156 valence electrons. The van der Waals surface area contributed by atoms with Gasteiger partial charge in [-0.2, -0.15) is 0 Å². The molecule has 0 spiro atoms. The van der Waals surface area contributed by atoms with Crippen LogP contribution in [-0.2, 0) is 22.6 Å². The van der Waals surface area contributed by atoms with Crippen LogP contribution >= 0.6 is 23.2 Å². The lowest BCUT2D eigenvalue weighted by molar-refractivity contribution is -0.140. The Morgan fingerprint density at radius 1 is 1.14 bits per heavy atom. The topological polar surface area (TPSA) is 49.4 Å². The van der Waals surface area contributed by atoms with Crippen LogP contribution in [0.4, 0.5) is 4.39 Å². The molecule has 0 saturated carbocycles. The minimum absolute atomic E-state index is 0.138. The van der Waals surface area contributed by atoms with Crippen molar-refractivity contribution in [1.82, 2.24) is 10.2 Å². The highest BCUT2D eigenvalue weighted by molar-refractivity contribution is 6.42. The van der Waals surface area contributed by atoms with Gasteiger partial charge in [0.25, 0.3) is 0 Å². The highest BCUT2D eigenvalue weighted by atomic mass is 35.5. The molecule has 0 aromatic heterocycles. The third-order valence-corrected chi connectivity index (χ3v) is 5.37. The van der Waals surface area contributed by atoms with Crippen LogP contribution in [0.15, 0.2) is 42.5 Å². The van der Waals surface area contributed by atoms with Crippen molar-refractivity contribution in [2.75, 3.05) is 6.54 Å². The van der Waals surface area contributed by atoms with Gasteiger partial charge < -0.3 is 10.2 Å². The third-order valence-electron chi connectivity index (χ3n) is 4.63. The van der Waals surface area contributed by atoms with Crippen molar-refractivity contribution in [3.8, 4) is 0 Å². The summed E-state index contributed by atoms with van der Waals surface area (Å²) < 4.78 is 14.0. The van der Waals surface area contributed by atoms with Gasteiger partial charge in [-0.3, -0.25) is 9.59 Å². The molecule has 1 N–H and O–H groups in total. The first-order chi connectivity index (χ1) is 13.8. The normalized spacial score (nSPS) is 11.8. The number of hydrogen-bond acceptors (Lipinski definition) is 2. The van der Waals surface area contributed by atoms with Crippen LogP contribution in [0.5, 0.6) is 0 Å². The molecule has 2 aromatic carbocycles. The number of carbonyl (C=O) groups excluding carboxylic acids is 2. The Bertz CT molecular complexity index is 860. The first-order valence-corrected chi connectivity index (χ1v) is 10.3. The highest BCUT2D eigenvalue weighted by Gasteiger charge is 2.26. The highest BCUT2D eigenvalue weighted by Crippen LogP contribution is 2.24. The zero-order valence-electron chi connectivity index (χ0n) is 16.6. The summed E-state index contributed by atoms with van der Waals surface area (Å²) in [5, 5.41) is 3.62. The average Bonchev–Trinajstić information content (AvgIpc) is 2.70. The van der Waals surface area contributed by atoms with Gasteiger partial charge in [0.1, 0.15) is 11.9 Å². The Labute approximate surface area is 181 Å². The van der Waals surface area contributed by atoms with Gasteiger partial charge in [-0.05, 0) is 42.7 Å². The molecule has 0 bridgehead atoms. The largest absolute Gasteiger partial charge is 0.354 e. The Morgan fingerprint density at radius 3 is 2.52 bits per heavy atom. The third kappa shape index (κ3) is 6.72. The zero-order chi connectivity index (χ0) is 21.4. The molecule has 0 aliphatic heterocycles. The van der Waals surface area contributed by atoms with E-state index in [9.17, 15) is 14.0 Å². The van der Waals surface area contributed by atoms with Crippen molar-refractivity contribution in [3.63, 3.8) is 0 Å². The molecule has 7 heteroatoms. The summed E-state index contributed by atoms with van der Waals surface area (Å²) in [5.41, 5.74) is 1.02. The summed E-state index contributed by atoms with van der Waals surface area (Å²) in [4.78, 5) is 27.0. The molecule has 0 aliphatic carbocycles. The van der Waals surface area contributed by atoms with Crippen LogP contribution in [0.1, 0.15) is 37.8 Å². The molecule has 0 unspecified atom stereocenters. The first-order valence-electron chi connectivity index (χ1n) is 9.58. The van der Waals surface area contributed by atoms with Crippen molar-refractivity contribution < 1.29 is 14.0 Å². The van der Waals surface area contributed by atoms with Gasteiger partial charge in [-0.25, -0.2) is 4.39 Å². The second-order valence-electron chi connectivity index (χ2n) is 6.86. The summed E-state index contributed by atoms with van der Waals surface area (Å²) in [7, 11) is 0. The van der Waals surface area contributed by atoms with Crippen molar-refractivity contribution in [1.29, 1.82) is 0 Å². The lowest BCUT2D eigenvalue weighted by atomic mass is 10.1. The van der Waals surface area contributed by atoms with Crippen LogP contribution in [0.2, 0.25) is 10.0 Å². The van der Waals surface area contributed by atoms with E-state index in [0.29, 0.717) is 16.6 Å². The fourth-order valence-electron chi connectivity index (χ4n) is 2.86. The second-order valence-corrected chi connectivity index (χ2v) is 7.67. The molecule has 0 radical (unpaired) electrons.